The van der Waals surface area contributed by atoms with Gasteiger partial charge in [-0.3, -0.25) is 24.1 Å². The number of aliphatic carboxylic acids is 1. The number of aromatic nitrogens is 2. The van der Waals surface area contributed by atoms with E-state index in [0.717, 1.165) is 46.9 Å². The normalized spacial score (nSPS) is 19.7. The third kappa shape index (κ3) is 7.28. The van der Waals surface area contributed by atoms with Gasteiger partial charge in [0.1, 0.15) is 40.8 Å². The van der Waals surface area contributed by atoms with Crippen LogP contribution in [0.4, 0.5) is 20.0 Å². The van der Waals surface area contributed by atoms with Gasteiger partial charge in [0, 0.05) is 60.5 Å². The van der Waals surface area contributed by atoms with Gasteiger partial charge >= 0.3 is 18.0 Å². The Balaban J connectivity index is 0.983. The lowest BCUT2D eigenvalue weighted by atomic mass is 10.0. The summed E-state index contributed by atoms with van der Waals surface area (Å²) in [4.78, 5) is 100. The zero-order valence-electron chi connectivity index (χ0n) is 29.0. The lowest BCUT2D eigenvalue weighted by Gasteiger charge is -2.49. The number of carboxylic acid groups (broad SMARTS) is 2. The van der Waals surface area contributed by atoms with Gasteiger partial charge in [0.2, 0.25) is 5.43 Å². The van der Waals surface area contributed by atoms with Crippen LogP contribution in [0.25, 0.3) is 10.9 Å². The number of pyridine rings is 1. The molecule has 0 unspecified atom stereocenters. The maximum Gasteiger partial charge on any atom is 0.410 e. The number of oxime groups is 1. The molecule has 0 radical (unpaired) electrons. The number of carbonyl (C=O) groups excluding carboxylic acids is 4. The van der Waals surface area contributed by atoms with Gasteiger partial charge in [0.15, 0.2) is 17.5 Å². The number of benzene rings is 1. The van der Waals surface area contributed by atoms with Crippen LogP contribution in [0.5, 0.6) is 0 Å². The van der Waals surface area contributed by atoms with Crippen LogP contribution in [0.15, 0.2) is 44.9 Å². The summed E-state index contributed by atoms with van der Waals surface area (Å²) >= 11 is 2.13. The van der Waals surface area contributed by atoms with Crippen LogP contribution in [-0.2, 0) is 28.8 Å². The number of hydrogen-bond donors (Lipinski definition) is 5. The molecule has 294 valence electrons. The Morgan fingerprint density at radius 2 is 1.80 bits per heavy atom. The first-order chi connectivity index (χ1) is 26.7. The summed E-state index contributed by atoms with van der Waals surface area (Å²) in [6.07, 6.45) is 2.12. The minimum absolute atomic E-state index is 0.00178. The molecular formula is C33H32FN9O11S2. The summed E-state index contributed by atoms with van der Waals surface area (Å²) in [5.74, 6) is -6.03. The number of nitrogens with zero attached hydrogens (tertiary/aromatic N) is 6. The van der Waals surface area contributed by atoms with Gasteiger partial charge in [-0.05, 0) is 25.0 Å². The highest BCUT2D eigenvalue weighted by Crippen LogP contribution is 2.41. The molecular weight excluding hydrogens is 782 g/mol. The number of nitrogen functional groups attached to an aromatic ring is 1. The Morgan fingerprint density at radius 1 is 1.07 bits per heavy atom. The van der Waals surface area contributed by atoms with Crippen LogP contribution in [-0.4, -0.2) is 128 Å². The van der Waals surface area contributed by atoms with E-state index in [1.807, 2.05) is 0 Å². The smallest absolute Gasteiger partial charge is 0.410 e. The lowest BCUT2D eigenvalue weighted by Crippen LogP contribution is -2.71. The maximum absolute atomic E-state index is 15.4. The molecule has 4 amide bonds. The highest BCUT2D eigenvalue weighted by molar-refractivity contribution is 8.00. The van der Waals surface area contributed by atoms with Crippen molar-refractivity contribution in [3.05, 3.63) is 62.3 Å². The molecule has 2 atom stereocenters. The molecule has 3 fully saturated rings. The van der Waals surface area contributed by atoms with Crippen LogP contribution < -0.4 is 27.1 Å². The number of aromatic carboxylic acids is 1. The fourth-order valence-electron chi connectivity index (χ4n) is 6.54. The summed E-state index contributed by atoms with van der Waals surface area (Å²) in [5.41, 5.74) is 9.49. The number of primary amides is 1. The van der Waals surface area contributed by atoms with Gasteiger partial charge in [-0.25, -0.2) is 23.8 Å². The van der Waals surface area contributed by atoms with E-state index in [-0.39, 0.29) is 71.1 Å². The van der Waals surface area contributed by atoms with Gasteiger partial charge in [0.25, 0.3) is 17.7 Å². The number of thiazole rings is 1. The van der Waals surface area contributed by atoms with E-state index in [4.69, 9.17) is 21.0 Å². The first-order valence-corrected chi connectivity index (χ1v) is 18.8. The Bertz CT molecular complexity index is 2320. The molecule has 2 aromatic heterocycles. The molecule has 0 bridgehead atoms. The zero-order chi connectivity index (χ0) is 40.0. The Morgan fingerprint density at radius 3 is 2.43 bits per heavy atom. The predicted molar refractivity (Wildman–Crippen MR) is 196 cm³/mol. The molecule has 56 heavy (non-hydrogen) atoms. The van der Waals surface area contributed by atoms with Crippen LogP contribution >= 0.6 is 23.1 Å². The Hall–Kier alpha value is -6.23. The minimum atomic E-state index is -1.45. The van der Waals surface area contributed by atoms with Gasteiger partial charge in [-0.15, -0.1) is 23.1 Å². The molecule has 7 N–H and O–H groups in total. The van der Waals surface area contributed by atoms with E-state index >= 15 is 4.39 Å². The van der Waals surface area contributed by atoms with Crippen molar-refractivity contribution in [2.75, 3.05) is 55.8 Å². The van der Waals surface area contributed by atoms with Gasteiger partial charge < -0.3 is 50.9 Å². The SMILES string of the molecule is NC(=O)CO/N=C(\C(=O)N[C@@H]1C(=O)N2C(C(=O)O)=C(COC(=O)N3CCN(c4cc5c(cc4F)c(=O)c(C(=O)O)cn5C4CC4)CC3)CS[C@H]12)c1csc(N)n1. The Kier molecular flexibility index (Phi) is 10.3. The second-order valence-corrected chi connectivity index (χ2v) is 15.0. The van der Waals surface area contributed by atoms with E-state index in [0.29, 0.717) is 5.52 Å². The number of hydrogen-bond acceptors (Lipinski definition) is 15. The number of β-lactam (4-membered cyclic amide) rings is 1. The summed E-state index contributed by atoms with van der Waals surface area (Å²) < 4.78 is 22.6. The number of carboxylic acids is 2. The average Bonchev–Trinajstić information content (AvgIpc) is 3.92. The summed E-state index contributed by atoms with van der Waals surface area (Å²) in [6.45, 7) is -0.483. The number of anilines is 2. The number of fused-ring (bicyclic) bond motifs is 2. The van der Waals surface area contributed by atoms with Gasteiger partial charge in [0.05, 0.1) is 11.2 Å². The summed E-state index contributed by atoms with van der Waals surface area (Å²) in [5, 5.41) is 26.4. The van der Waals surface area contributed by atoms with Crippen LogP contribution in [0.2, 0.25) is 0 Å². The molecule has 0 spiro atoms. The number of carbonyl (C=O) groups is 6. The van der Waals surface area contributed by atoms with E-state index < -0.39 is 82.9 Å². The monoisotopic (exact) mass is 813 g/mol. The predicted octanol–water partition coefficient (Wildman–Crippen LogP) is 0.116. The molecule has 4 aliphatic rings. The lowest BCUT2D eigenvalue weighted by molar-refractivity contribution is -0.150. The zero-order valence-corrected chi connectivity index (χ0v) is 30.6. The molecule has 3 aromatic rings. The molecule has 1 aliphatic carbocycles. The number of rotatable bonds is 12. The number of thioether (sulfide) groups is 1. The number of nitrogens with two attached hydrogens (primary N) is 2. The van der Waals surface area contributed by atoms with Crippen molar-refractivity contribution >= 4 is 86.3 Å². The first kappa shape index (κ1) is 38.1. The maximum atomic E-state index is 15.4. The van der Waals surface area contributed by atoms with Crippen molar-refractivity contribution in [3.8, 4) is 0 Å². The third-order valence-electron chi connectivity index (χ3n) is 9.40. The van der Waals surface area contributed by atoms with Crippen LogP contribution in [0.1, 0.15) is 34.9 Å². The van der Waals surface area contributed by atoms with Crippen molar-refractivity contribution in [2.45, 2.75) is 30.3 Å². The van der Waals surface area contributed by atoms with Crippen LogP contribution in [0, 0.1) is 5.82 Å². The second kappa shape index (κ2) is 15.1. The van der Waals surface area contributed by atoms with E-state index in [2.05, 4.69) is 15.5 Å². The van der Waals surface area contributed by atoms with Crippen molar-refractivity contribution in [1.29, 1.82) is 0 Å². The largest absolute Gasteiger partial charge is 0.477 e. The molecule has 5 heterocycles. The second-order valence-electron chi connectivity index (χ2n) is 13.0. The molecule has 3 aliphatic heterocycles. The fraction of sp³-hybridized carbons (Fsp3) is 0.364. The van der Waals surface area contributed by atoms with Crippen LogP contribution in [0.3, 0.4) is 0 Å². The van der Waals surface area contributed by atoms with Crippen molar-refractivity contribution in [1.82, 2.24) is 24.7 Å². The first-order valence-electron chi connectivity index (χ1n) is 16.9. The van der Waals surface area contributed by atoms with Crippen molar-refractivity contribution < 1.29 is 52.9 Å². The highest BCUT2D eigenvalue weighted by atomic mass is 32.2. The molecule has 1 saturated carbocycles. The average molecular weight is 814 g/mol. The standard InChI is InChI=1S/C33H32FN9O11S2/c34-18-7-16-20(42(15-1-2-15)9-17(26(16)45)30(48)49)8-21(18)40-3-5-41(6-4-40)33(52)53-10-14-12-55-29-24(28(47)43(29)25(14)31(50)51)38-27(46)23(39-54-11-22(35)44)19-13-56-32(36)37-19/h7-9,13,15,24,29H,1-6,10-12H2,(H2,35,44)(H2,36,37)(H,38,46)(H,48,49)(H,50,51)/b39-23-/t24-,29-/m1/s1. The molecule has 7 rings (SSSR count). The van der Waals surface area contributed by atoms with Crippen molar-refractivity contribution in [2.24, 2.45) is 10.9 Å². The van der Waals surface area contributed by atoms with Crippen molar-refractivity contribution in [3.63, 3.8) is 0 Å². The van der Waals surface area contributed by atoms with Gasteiger partial charge in [-0.2, -0.15) is 0 Å². The fourth-order valence-corrected chi connectivity index (χ4v) is 8.42. The van der Waals surface area contributed by atoms with E-state index in [1.54, 1.807) is 9.47 Å². The number of piperazine rings is 1. The highest BCUT2D eigenvalue weighted by Gasteiger charge is 2.54. The molecule has 1 aromatic carbocycles. The van der Waals surface area contributed by atoms with E-state index in [9.17, 15) is 43.8 Å². The molecule has 2 saturated heterocycles. The third-order valence-corrected chi connectivity index (χ3v) is 11.4. The number of ether oxygens (including phenoxy) is 1. The topological polar surface area (TPSA) is 282 Å². The quantitative estimate of drug-likeness (QED) is 0.0922. The van der Waals surface area contributed by atoms with Gasteiger partial charge in [-0.1, -0.05) is 5.16 Å². The summed E-state index contributed by atoms with van der Waals surface area (Å²) in [7, 11) is 0. The minimum Gasteiger partial charge on any atom is -0.477 e. The number of nitrogens with one attached hydrogen (secondary N) is 1. The number of amides is 4. The molecule has 20 nitrogen and oxygen atoms in total. The summed E-state index contributed by atoms with van der Waals surface area (Å²) in [6, 6.07) is 1.40. The van der Waals surface area contributed by atoms with E-state index in [1.165, 1.54) is 22.5 Å². The number of halogens is 1. The molecule has 23 heteroatoms. The Labute approximate surface area is 322 Å².